The standard InChI is InChI=1S/C28H24BrF3N2O3/c29-23-12-10-21(11-13-23)27(37)14-16-34(17-15-27)26(36)24(33-25(35)20-4-2-1-3-5-20)18-19-6-8-22(9-7-19)28(30,31)32/h1-13,18,37H,14-17H2,(H,33,35). The van der Waals surface area contributed by atoms with Crippen LogP contribution < -0.4 is 5.32 Å². The van der Waals surface area contributed by atoms with Crippen LogP contribution in [0.25, 0.3) is 6.08 Å². The molecule has 5 nitrogen and oxygen atoms in total. The summed E-state index contributed by atoms with van der Waals surface area (Å²) in [6.07, 6.45) is -2.54. The van der Waals surface area contributed by atoms with Gasteiger partial charge in [0.05, 0.1) is 11.2 Å². The second kappa shape index (κ2) is 10.9. The summed E-state index contributed by atoms with van der Waals surface area (Å²) in [5, 5.41) is 13.8. The maximum Gasteiger partial charge on any atom is 0.416 e. The molecule has 2 amide bonds. The molecule has 0 spiro atoms. The Morgan fingerprint density at radius 2 is 1.51 bits per heavy atom. The Kier molecular flexibility index (Phi) is 7.85. The molecule has 192 valence electrons. The molecule has 0 atom stereocenters. The van der Waals surface area contributed by atoms with Gasteiger partial charge in [-0.2, -0.15) is 13.2 Å². The van der Waals surface area contributed by atoms with Gasteiger partial charge >= 0.3 is 6.18 Å². The van der Waals surface area contributed by atoms with E-state index in [9.17, 15) is 27.9 Å². The molecule has 1 fully saturated rings. The fourth-order valence-electron chi connectivity index (χ4n) is 4.17. The van der Waals surface area contributed by atoms with Crippen LogP contribution in [-0.4, -0.2) is 34.9 Å². The number of aliphatic hydroxyl groups is 1. The topological polar surface area (TPSA) is 69.6 Å². The molecular weight excluding hydrogens is 549 g/mol. The van der Waals surface area contributed by atoms with E-state index in [0.29, 0.717) is 24.0 Å². The van der Waals surface area contributed by atoms with Gasteiger partial charge in [-0.1, -0.05) is 58.4 Å². The molecule has 1 aliphatic heterocycles. The number of nitrogens with one attached hydrogen (secondary N) is 1. The summed E-state index contributed by atoms with van der Waals surface area (Å²) < 4.78 is 39.8. The molecule has 0 aliphatic carbocycles. The number of alkyl halides is 3. The van der Waals surface area contributed by atoms with E-state index in [1.807, 2.05) is 24.3 Å². The average molecular weight is 573 g/mol. The molecular formula is C28H24BrF3N2O3. The highest BCUT2D eigenvalue weighted by molar-refractivity contribution is 9.10. The minimum Gasteiger partial charge on any atom is -0.385 e. The number of carbonyl (C=O) groups excluding carboxylic acids is 2. The zero-order valence-electron chi connectivity index (χ0n) is 19.6. The van der Waals surface area contributed by atoms with Gasteiger partial charge in [-0.05, 0) is 66.4 Å². The summed E-state index contributed by atoms with van der Waals surface area (Å²) in [5.41, 5.74) is -0.565. The van der Waals surface area contributed by atoms with Crippen molar-refractivity contribution in [2.24, 2.45) is 0 Å². The molecule has 2 N–H and O–H groups in total. The largest absolute Gasteiger partial charge is 0.416 e. The van der Waals surface area contributed by atoms with Crippen molar-refractivity contribution < 1.29 is 27.9 Å². The average Bonchev–Trinajstić information content (AvgIpc) is 2.89. The van der Waals surface area contributed by atoms with Crippen molar-refractivity contribution >= 4 is 33.8 Å². The number of halogens is 4. The van der Waals surface area contributed by atoms with Crippen molar-refractivity contribution in [2.75, 3.05) is 13.1 Å². The van der Waals surface area contributed by atoms with E-state index in [1.165, 1.54) is 23.1 Å². The second-order valence-electron chi connectivity index (χ2n) is 8.83. The third-order valence-corrected chi connectivity index (χ3v) is 6.85. The van der Waals surface area contributed by atoms with Gasteiger partial charge in [0.1, 0.15) is 5.70 Å². The second-order valence-corrected chi connectivity index (χ2v) is 9.74. The molecule has 1 heterocycles. The lowest BCUT2D eigenvalue weighted by atomic mass is 9.84. The Morgan fingerprint density at radius 3 is 2.08 bits per heavy atom. The van der Waals surface area contributed by atoms with Crippen molar-refractivity contribution in [2.45, 2.75) is 24.6 Å². The van der Waals surface area contributed by atoms with Crippen LogP contribution >= 0.6 is 15.9 Å². The minimum absolute atomic E-state index is 0.0670. The Balaban J connectivity index is 1.56. The molecule has 0 unspecified atom stereocenters. The van der Waals surface area contributed by atoms with Crippen molar-refractivity contribution in [1.29, 1.82) is 0 Å². The first-order chi connectivity index (χ1) is 17.5. The number of carbonyl (C=O) groups is 2. The summed E-state index contributed by atoms with van der Waals surface area (Å²) in [6, 6.07) is 20.0. The van der Waals surface area contributed by atoms with Gasteiger partial charge in [0, 0.05) is 23.1 Å². The third kappa shape index (κ3) is 6.47. The van der Waals surface area contributed by atoms with E-state index >= 15 is 0 Å². The van der Waals surface area contributed by atoms with Crippen LogP contribution in [0.3, 0.4) is 0 Å². The predicted molar refractivity (Wildman–Crippen MR) is 137 cm³/mol. The summed E-state index contributed by atoms with van der Waals surface area (Å²) in [5.74, 6) is -1.00. The number of hydrogen-bond donors (Lipinski definition) is 2. The Hall–Kier alpha value is -3.43. The maximum absolute atomic E-state index is 13.5. The predicted octanol–water partition coefficient (Wildman–Crippen LogP) is 5.75. The molecule has 0 saturated carbocycles. The third-order valence-electron chi connectivity index (χ3n) is 6.32. The smallest absolute Gasteiger partial charge is 0.385 e. The fourth-order valence-corrected chi connectivity index (χ4v) is 4.43. The van der Waals surface area contributed by atoms with Gasteiger partial charge in [0.15, 0.2) is 0 Å². The van der Waals surface area contributed by atoms with E-state index in [0.717, 1.165) is 22.2 Å². The Morgan fingerprint density at radius 1 is 0.919 bits per heavy atom. The number of hydrogen-bond acceptors (Lipinski definition) is 3. The van der Waals surface area contributed by atoms with Gasteiger partial charge in [-0.15, -0.1) is 0 Å². The zero-order valence-corrected chi connectivity index (χ0v) is 21.2. The van der Waals surface area contributed by atoms with Crippen LogP contribution in [0.5, 0.6) is 0 Å². The van der Waals surface area contributed by atoms with Crippen molar-refractivity contribution in [1.82, 2.24) is 10.2 Å². The highest BCUT2D eigenvalue weighted by atomic mass is 79.9. The first-order valence-electron chi connectivity index (χ1n) is 11.6. The number of nitrogens with zero attached hydrogens (tertiary/aromatic N) is 1. The Labute approximate surface area is 220 Å². The quantitative estimate of drug-likeness (QED) is 0.382. The maximum atomic E-state index is 13.5. The monoisotopic (exact) mass is 572 g/mol. The van der Waals surface area contributed by atoms with E-state index in [1.54, 1.807) is 30.3 Å². The van der Waals surface area contributed by atoms with Crippen LogP contribution in [0.1, 0.15) is 39.9 Å². The van der Waals surface area contributed by atoms with E-state index < -0.39 is 29.2 Å². The molecule has 0 aromatic heterocycles. The van der Waals surface area contributed by atoms with Crippen LogP contribution in [0, 0.1) is 0 Å². The number of piperidine rings is 1. The molecule has 1 aliphatic rings. The number of likely N-dealkylation sites (tertiary alicyclic amines) is 1. The lowest BCUT2D eigenvalue weighted by molar-refractivity contribution is -0.137. The molecule has 1 saturated heterocycles. The molecule has 3 aromatic carbocycles. The Bertz CT molecular complexity index is 1280. The first kappa shape index (κ1) is 26.6. The number of amides is 2. The summed E-state index contributed by atoms with van der Waals surface area (Å²) in [4.78, 5) is 27.8. The molecule has 3 aromatic rings. The normalized spacial score (nSPS) is 15.8. The van der Waals surface area contributed by atoms with Crippen molar-refractivity contribution in [3.05, 3.63) is 111 Å². The molecule has 9 heteroatoms. The number of benzene rings is 3. The van der Waals surface area contributed by atoms with Crippen LogP contribution in [0.2, 0.25) is 0 Å². The van der Waals surface area contributed by atoms with Crippen LogP contribution in [0.4, 0.5) is 13.2 Å². The van der Waals surface area contributed by atoms with Gasteiger partial charge in [0.25, 0.3) is 11.8 Å². The number of rotatable bonds is 5. The van der Waals surface area contributed by atoms with Crippen molar-refractivity contribution in [3.63, 3.8) is 0 Å². The molecule has 4 rings (SSSR count). The van der Waals surface area contributed by atoms with Gasteiger partial charge in [-0.3, -0.25) is 9.59 Å². The summed E-state index contributed by atoms with van der Waals surface area (Å²) in [7, 11) is 0. The van der Waals surface area contributed by atoms with E-state index in [4.69, 9.17) is 0 Å². The van der Waals surface area contributed by atoms with E-state index in [2.05, 4.69) is 21.2 Å². The summed E-state index contributed by atoms with van der Waals surface area (Å²) in [6.45, 7) is 0.466. The SMILES string of the molecule is O=C(NC(=Cc1ccc(C(F)(F)F)cc1)C(=O)N1CCC(O)(c2ccc(Br)cc2)CC1)c1ccccc1. The van der Waals surface area contributed by atoms with Crippen LogP contribution in [0.15, 0.2) is 89.0 Å². The minimum atomic E-state index is -4.48. The molecule has 37 heavy (non-hydrogen) atoms. The van der Waals surface area contributed by atoms with Crippen LogP contribution in [-0.2, 0) is 16.6 Å². The molecule has 0 radical (unpaired) electrons. The lowest BCUT2D eigenvalue weighted by Crippen LogP contribution is -2.47. The summed E-state index contributed by atoms with van der Waals surface area (Å²) >= 11 is 3.38. The van der Waals surface area contributed by atoms with E-state index in [-0.39, 0.29) is 18.8 Å². The highest BCUT2D eigenvalue weighted by Crippen LogP contribution is 2.34. The highest BCUT2D eigenvalue weighted by Gasteiger charge is 2.36. The molecule has 0 bridgehead atoms. The zero-order chi connectivity index (χ0) is 26.6. The lowest BCUT2D eigenvalue weighted by Gasteiger charge is -2.38. The first-order valence-corrected chi connectivity index (χ1v) is 12.4. The van der Waals surface area contributed by atoms with Gasteiger partial charge < -0.3 is 15.3 Å². The van der Waals surface area contributed by atoms with Crippen molar-refractivity contribution in [3.8, 4) is 0 Å². The van der Waals surface area contributed by atoms with Gasteiger partial charge in [-0.25, -0.2) is 0 Å². The fraction of sp³-hybridized carbons (Fsp3) is 0.214. The van der Waals surface area contributed by atoms with Gasteiger partial charge in [0.2, 0.25) is 0 Å².